The highest BCUT2D eigenvalue weighted by molar-refractivity contribution is 6.01. The van der Waals surface area contributed by atoms with E-state index in [1.54, 1.807) is 17.0 Å². The minimum atomic E-state index is -4.70. The summed E-state index contributed by atoms with van der Waals surface area (Å²) in [5, 5.41) is 8.52. The van der Waals surface area contributed by atoms with Crippen molar-refractivity contribution in [3.8, 4) is 0 Å². The predicted molar refractivity (Wildman–Crippen MR) is 136 cm³/mol. The number of nitrogens with zero attached hydrogens (tertiary/aromatic N) is 3. The molecule has 1 aliphatic heterocycles. The third-order valence-electron chi connectivity index (χ3n) is 6.82. The number of nitrogens with one attached hydrogen (secondary N) is 3. The van der Waals surface area contributed by atoms with Gasteiger partial charge in [0.1, 0.15) is 11.4 Å². The summed E-state index contributed by atoms with van der Waals surface area (Å²) in [4.78, 5) is 33.5. The van der Waals surface area contributed by atoms with Crippen molar-refractivity contribution in [2.45, 2.75) is 57.7 Å². The largest absolute Gasteiger partial charge is 0.421 e. The zero-order valence-corrected chi connectivity index (χ0v) is 20.7. The van der Waals surface area contributed by atoms with E-state index in [-0.39, 0.29) is 23.6 Å². The summed E-state index contributed by atoms with van der Waals surface area (Å²) in [5.74, 6) is -0.378. The highest BCUT2D eigenvalue weighted by atomic mass is 19.4. The van der Waals surface area contributed by atoms with Crippen LogP contribution in [0.5, 0.6) is 0 Å². The van der Waals surface area contributed by atoms with Crippen LogP contribution in [0.1, 0.15) is 50.2 Å². The standard InChI is InChI=1S/C26H31F3N6O2/c1-3-23(37)32-22-13-18(12-17-6-4-7-17)9-10-21(22)33-24-20(26(27,28)29)14-30-25(34-24)31-19-8-5-11-35(15-19)16(2)36/h3,9-10,13-14,17,19H,1,4-8,11-12,15H2,2H3,(H,32,37)(H2,30,31,33,34). The first kappa shape index (κ1) is 26.4. The number of likely N-dealkylation sites (tertiary alicyclic amines) is 1. The lowest BCUT2D eigenvalue weighted by Crippen LogP contribution is -2.44. The maximum absolute atomic E-state index is 13.8. The molecule has 1 unspecified atom stereocenters. The van der Waals surface area contributed by atoms with E-state index in [1.807, 2.05) is 6.07 Å². The molecule has 2 fully saturated rings. The lowest BCUT2D eigenvalue weighted by molar-refractivity contribution is -0.137. The Morgan fingerprint density at radius 2 is 1.97 bits per heavy atom. The minimum Gasteiger partial charge on any atom is -0.350 e. The number of alkyl halides is 3. The zero-order valence-electron chi connectivity index (χ0n) is 20.7. The predicted octanol–water partition coefficient (Wildman–Crippen LogP) is 5.13. The summed E-state index contributed by atoms with van der Waals surface area (Å²) in [6.45, 7) is 6.01. The first-order valence-electron chi connectivity index (χ1n) is 12.4. The Hall–Kier alpha value is -3.63. The van der Waals surface area contributed by atoms with Crippen LogP contribution in [0.2, 0.25) is 0 Å². The Balaban J connectivity index is 1.61. The molecule has 0 spiro atoms. The molecule has 2 aromatic rings. The van der Waals surface area contributed by atoms with E-state index in [2.05, 4.69) is 32.5 Å². The monoisotopic (exact) mass is 516 g/mol. The summed E-state index contributed by atoms with van der Waals surface area (Å²) in [5.41, 5.74) is 0.560. The molecule has 4 rings (SSSR count). The van der Waals surface area contributed by atoms with Gasteiger partial charge in [-0.2, -0.15) is 18.2 Å². The minimum absolute atomic E-state index is 0.0178. The third kappa shape index (κ3) is 6.78. The van der Waals surface area contributed by atoms with Crippen LogP contribution in [0.15, 0.2) is 37.1 Å². The molecule has 0 radical (unpaired) electrons. The first-order valence-corrected chi connectivity index (χ1v) is 12.4. The Labute approximate surface area is 213 Å². The molecule has 2 heterocycles. The molecule has 8 nitrogen and oxygen atoms in total. The summed E-state index contributed by atoms with van der Waals surface area (Å²) < 4.78 is 41.5. The fourth-order valence-electron chi connectivity index (χ4n) is 4.59. The van der Waals surface area contributed by atoms with Gasteiger partial charge in [0, 0.05) is 32.3 Å². The average Bonchev–Trinajstić information content (AvgIpc) is 2.82. The number of benzene rings is 1. The van der Waals surface area contributed by atoms with Crippen molar-refractivity contribution in [1.82, 2.24) is 14.9 Å². The highest BCUT2D eigenvalue weighted by Crippen LogP contribution is 2.37. The molecule has 37 heavy (non-hydrogen) atoms. The van der Waals surface area contributed by atoms with Crippen molar-refractivity contribution < 1.29 is 22.8 Å². The molecule has 3 N–H and O–H groups in total. The van der Waals surface area contributed by atoms with Crippen LogP contribution in [0.4, 0.5) is 36.3 Å². The first-order chi connectivity index (χ1) is 17.6. The smallest absolute Gasteiger partial charge is 0.350 e. The molecule has 1 saturated heterocycles. The fraction of sp³-hybridized carbons (Fsp3) is 0.462. The maximum atomic E-state index is 13.8. The molecule has 1 aromatic carbocycles. The van der Waals surface area contributed by atoms with Gasteiger partial charge in [-0.05, 0) is 49.0 Å². The van der Waals surface area contributed by atoms with Gasteiger partial charge in [-0.1, -0.05) is 31.9 Å². The van der Waals surface area contributed by atoms with Crippen molar-refractivity contribution in [2.75, 3.05) is 29.0 Å². The van der Waals surface area contributed by atoms with Crippen LogP contribution in [-0.2, 0) is 22.2 Å². The van der Waals surface area contributed by atoms with Gasteiger partial charge in [0.15, 0.2) is 0 Å². The van der Waals surface area contributed by atoms with Gasteiger partial charge in [0.25, 0.3) is 0 Å². The summed E-state index contributed by atoms with van der Waals surface area (Å²) in [6, 6.07) is 5.08. The van der Waals surface area contributed by atoms with Crippen molar-refractivity contribution in [3.63, 3.8) is 0 Å². The van der Waals surface area contributed by atoms with E-state index in [0.717, 1.165) is 49.9 Å². The number of carbonyl (C=O) groups excluding carboxylic acids is 2. The number of piperidine rings is 1. The van der Waals surface area contributed by atoms with Crippen molar-refractivity contribution in [3.05, 3.63) is 48.2 Å². The summed E-state index contributed by atoms with van der Waals surface area (Å²) in [7, 11) is 0. The fourth-order valence-corrected chi connectivity index (χ4v) is 4.59. The van der Waals surface area contributed by atoms with Gasteiger partial charge in [0.2, 0.25) is 17.8 Å². The van der Waals surface area contributed by atoms with E-state index in [1.165, 1.54) is 13.3 Å². The zero-order chi connectivity index (χ0) is 26.6. The molecule has 11 heteroatoms. The molecule has 2 amide bonds. The Bertz CT molecular complexity index is 1170. The number of rotatable bonds is 8. The number of hydrogen-bond acceptors (Lipinski definition) is 6. The second-order valence-corrected chi connectivity index (χ2v) is 9.60. The molecular formula is C26H31F3N6O2. The number of halogens is 3. The van der Waals surface area contributed by atoms with Crippen molar-refractivity contribution in [2.24, 2.45) is 5.92 Å². The number of amides is 2. The summed E-state index contributed by atoms with van der Waals surface area (Å²) >= 11 is 0. The Morgan fingerprint density at radius 1 is 1.19 bits per heavy atom. The molecule has 1 atom stereocenters. The van der Waals surface area contributed by atoms with E-state index in [4.69, 9.17) is 0 Å². The van der Waals surface area contributed by atoms with Crippen LogP contribution in [0, 0.1) is 5.92 Å². The van der Waals surface area contributed by atoms with Gasteiger partial charge in [-0.15, -0.1) is 0 Å². The molecule has 2 aliphatic rings. The van der Waals surface area contributed by atoms with E-state index in [9.17, 15) is 22.8 Å². The number of aromatic nitrogens is 2. The normalized spacial score (nSPS) is 18.1. The van der Waals surface area contributed by atoms with Crippen LogP contribution in [0.25, 0.3) is 0 Å². The van der Waals surface area contributed by atoms with Gasteiger partial charge in [0.05, 0.1) is 11.4 Å². The third-order valence-corrected chi connectivity index (χ3v) is 6.82. The van der Waals surface area contributed by atoms with E-state index >= 15 is 0 Å². The molecular weight excluding hydrogens is 485 g/mol. The Kier molecular flexibility index (Phi) is 7.99. The second-order valence-electron chi connectivity index (χ2n) is 9.60. The van der Waals surface area contributed by atoms with Gasteiger partial charge in [-0.3, -0.25) is 9.59 Å². The number of carbonyl (C=O) groups is 2. The highest BCUT2D eigenvalue weighted by Gasteiger charge is 2.36. The number of hydrogen-bond donors (Lipinski definition) is 3. The van der Waals surface area contributed by atoms with E-state index < -0.39 is 23.5 Å². The van der Waals surface area contributed by atoms with Crippen LogP contribution < -0.4 is 16.0 Å². The van der Waals surface area contributed by atoms with E-state index in [0.29, 0.717) is 24.7 Å². The molecule has 1 aromatic heterocycles. The van der Waals surface area contributed by atoms with Crippen LogP contribution in [0.3, 0.4) is 0 Å². The average molecular weight is 517 g/mol. The molecule has 0 bridgehead atoms. The van der Waals surface area contributed by atoms with Gasteiger partial charge < -0.3 is 20.9 Å². The van der Waals surface area contributed by atoms with Crippen LogP contribution in [-0.4, -0.2) is 45.8 Å². The quantitative estimate of drug-likeness (QED) is 0.421. The molecule has 198 valence electrons. The molecule has 1 aliphatic carbocycles. The van der Waals surface area contributed by atoms with Gasteiger partial charge in [-0.25, -0.2) is 4.98 Å². The Morgan fingerprint density at radius 3 is 2.62 bits per heavy atom. The SMILES string of the molecule is C=CC(=O)Nc1cc(CC2CCC2)ccc1Nc1nc(NC2CCCN(C(C)=O)C2)ncc1C(F)(F)F. The van der Waals surface area contributed by atoms with Crippen molar-refractivity contribution >= 4 is 35.0 Å². The van der Waals surface area contributed by atoms with Gasteiger partial charge >= 0.3 is 6.18 Å². The lowest BCUT2D eigenvalue weighted by Gasteiger charge is -2.32. The molecule has 1 saturated carbocycles. The summed E-state index contributed by atoms with van der Waals surface area (Å²) in [6.07, 6.45) is 2.95. The number of anilines is 4. The topological polar surface area (TPSA) is 99.2 Å². The second kappa shape index (κ2) is 11.2. The van der Waals surface area contributed by atoms with Crippen molar-refractivity contribution in [1.29, 1.82) is 0 Å². The maximum Gasteiger partial charge on any atom is 0.421 e. The van der Waals surface area contributed by atoms with Crippen LogP contribution >= 0.6 is 0 Å². The lowest BCUT2D eigenvalue weighted by atomic mass is 9.81.